The number of hydrogen-bond donors (Lipinski definition) is 1. The molecule has 5 nitrogen and oxygen atoms in total. The average molecular weight is 315 g/mol. The van der Waals surface area contributed by atoms with Gasteiger partial charge in [-0.2, -0.15) is 0 Å². The minimum atomic E-state index is -0.452. The van der Waals surface area contributed by atoms with E-state index in [2.05, 4.69) is 5.32 Å². The van der Waals surface area contributed by atoms with Crippen molar-refractivity contribution in [1.29, 1.82) is 0 Å². The van der Waals surface area contributed by atoms with Crippen LogP contribution in [0.2, 0.25) is 0 Å². The highest BCUT2D eigenvalue weighted by molar-refractivity contribution is 6.02. The van der Waals surface area contributed by atoms with Crippen molar-refractivity contribution in [3.63, 3.8) is 0 Å². The van der Waals surface area contributed by atoms with Gasteiger partial charge in [0.15, 0.2) is 0 Å². The van der Waals surface area contributed by atoms with Gasteiger partial charge in [-0.05, 0) is 31.6 Å². The molecule has 0 saturated heterocycles. The molecule has 0 bridgehead atoms. The van der Waals surface area contributed by atoms with E-state index in [0.29, 0.717) is 17.8 Å². The molecule has 0 aliphatic heterocycles. The van der Waals surface area contributed by atoms with Crippen molar-refractivity contribution in [2.45, 2.75) is 20.8 Å². The van der Waals surface area contributed by atoms with Crippen LogP contribution in [-0.2, 0) is 9.53 Å². The molecule has 0 saturated carbocycles. The van der Waals surface area contributed by atoms with Gasteiger partial charge in [0.2, 0.25) is 5.91 Å². The number of methoxy groups -OCH3 is 1. The van der Waals surface area contributed by atoms with Crippen LogP contribution in [0.1, 0.15) is 29.8 Å². The number of nitrogens with zero attached hydrogens (tertiary/aromatic N) is 1. The van der Waals surface area contributed by atoms with E-state index in [1.807, 2.05) is 31.7 Å². The van der Waals surface area contributed by atoms with Gasteiger partial charge >= 0.3 is 5.97 Å². The predicted molar refractivity (Wildman–Crippen MR) is 86.2 cm³/mol. The molecule has 21 heavy (non-hydrogen) atoms. The van der Waals surface area contributed by atoms with E-state index < -0.39 is 5.97 Å². The number of nitrogens with one attached hydrogen (secondary N) is 1. The smallest absolute Gasteiger partial charge is 0.339 e. The first-order valence-corrected chi connectivity index (χ1v) is 6.73. The summed E-state index contributed by atoms with van der Waals surface area (Å²) in [7, 11) is 1.33. The van der Waals surface area contributed by atoms with Crippen LogP contribution in [-0.4, -0.2) is 43.5 Å². The number of rotatable bonds is 6. The summed E-state index contributed by atoms with van der Waals surface area (Å²) in [6.45, 7) is 7.78. The van der Waals surface area contributed by atoms with Crippen molar-refractivity contribution in [3.05, 3.63) is 29.3 Å². The summed E-state index contributed by atoms with van der Waals surface area (Å²) in [6, 6.07) is 5.26. The molecule has 0 spiro atoms. The van der Waals surface area contributed by atoms with E-state index in [9.17, 15) is 9.59 Å². The molecule has 0 fully saturated rings. The van der Waals surface area contributed by atoms with Gasteiger partial charge in [-0.1, -0.05) is 26.0 Å². The number of para-hydroxylation sites is 1. The van der Waals surface area contributed by atoms with E-state index in [4.69, 9.17) is 4.74 Å². The van der Waals surface area contributed by atoms with Gasteiger partial charge in [-0.25, -0.2) is 4.79 Å². The van der Waals surface area contributed by atoms with Crippen molar-refractivity contribution in [2.24, 2.45) is 0 Å². The molecule has 0 radical (unpaired) electrons. The summed E-state index contributed by atoms with van der Waals surface area (Å²) in [4.78, 5) is 25.8. The van der Waals surface area contributed by atoms with Gasteiger partial charge in [0.05, 0.1) is 24.9 Å². The van der Waals surface area contributed by atoms with Gasteiger partial charge in [0.1, 0.15) is 0 Å². The van der Waals surface area contributed by atoms with Crippen LogP contribution in [0.25, 0.3) is 0 Å². The minimum absolute atomic E-state index is 0. The van der Waals surface area contributed by atoms with Gasteiger partial charge in [0.25, 0.3) is 0 Å². The average Bonchev–Trinajstić information content (AvgIpc) is 2.46. The highest BCUT2D eigenvalue weighted by atomic mass is 35.5. The predicted octanol–water partition coefficient (Wildman–Crippen LogP) is 2.48. The number of ether oxygens (including phenoxy) is 1. The number of halogens is 1. The maximum Gasteiger partial charge on any atom is 0.339 e. The first-order chi connectivity index (χ1) is 9.53. The first-order valence-electron chi connectivity index (χ1n) is 6.73. The van der Waals surface area contributed by atoms with Gasteiger partial charge < -0.3 is 10.1 Å². The normalized spacial score (nSPS) is 9.95. The van der Waals surface area contributed by atoms with Crippen LogP contribution in [0, 0.1) is 6.92 Å². The monoisotopic (exact) mass is 314 g/mol. The Morgan fingerprint density at radius 3 is 2.38 bits per heavy atom. The summed E-state index contributed by atoms with van der Waals surface area (Å²) in [5.41, 5.74) is 1.73. The number of carbonyl (C=O) groups is 2. The number of amides is 1. The Bertz CT molecular complexity index is 488. The van der Waals surface area contributed by atoms with Crippen LogP contribution in [0.4, 0.5) is 5.69 Å². The fourth-order valence-electron chi connectivity index (χ4n) is 1.94. The van der Waals surface area contributed by atoms with E-state index in [0.717, 1.165) is 18.7 Å². The number of carbonyl (C=O) groups excluding carboxylic acids is 2. The zero-order valence-electron chi connectivity index (χ0n) is 12.9. The van der Waals surface area contributed by atoms with E-state index in [-0.39, 0.29) is 18.3 Å². The third-order valence-electron chi connectivity index (χ3n) is 3.20. The molecule has 6 heteroatoms. The van der Waals surface area contributed by atoms with Gasteiger partial charge in [-0.3, -0.25) is 9.69 Å². The molecular weight excluding hydrogens is 292 g/mol. The lowest BCUT2D eigenvalue weighted by atomic mass is 10.1. The Labute approximate surface area is 132 Å². The fraction of sp³-hybridized carbons (Fsp3) is 0.467. The largest absolute Gasteiger partial charge is 0.465 e. The Kier molecular flexibility index (Phi) is 8.66. The van der Waals surface area contributed by atoms with E-state index in [1.54, 1.807) is 12.1 Å². The van der Waals surface area contributed by atoms with Crippen LogP contribution in [0.3, 0.4) is 0 Å². The third kappa shape index (κ3) is 5.36. The molecule has 0 aliphatic carbocycles. The molecule has 0 atom stereocenters. The quantitative estimate of drug-likeness (QED) is 0.820. The van der Waals surface area contributed by atoms with Crippen LogP contribution in [0.5, 0.6) is 0 Å². The maximum atomic E-state index is 12.1. The molecule has 1 rings (SSSR count). The summed E-state index contributed by atoms with van der Waals surface area (Å²) in [6.07, 6.45) is 0. The molecule has 118 valence electrons. The zero-order chi connectivity index (χ0) is 15.1. The lowest BCUT2D eigenvalue weighted by Gasteiger charge is -2.18. The van der Waals surface area contributed by atoms with Crippen molar-refractivity contribution in [3.8, 4) is 0 Å². The van der Waals surface area contributed by atoms with Crippen LogP contribution in [0.15, 0.2) is 18.2 Å². The van der Waals surface area contributed by atoms with Crippen molar-refractivity contribution >= 4 is 30.0 Å². The maximum absolute atomic E-state index is 12.1. The molecule has 1 aromatic rings. The second-order valence-corrected chi connectivity index (χ2v) is 4.50. The van der Waals surface area contributed by atoms with Crippen molar-refractivity contribution < 1.29 is 14.3 Å². The molecule has 1 aromatic carbocycles. The second kappa shape index (κ2) is 9.37. The number of benzene rings is 1. The fourth-order valence-corrected chi connectivity index (χ4v) is 1.94. The van der Waals surface area contributed by atoms with E-state index >= 15 is 0 Å². The minimum Gasteiger partial charge on any atom is -0.465 e. The number of aryl methyl sites for hydroxylation is 1. The summed E-state index contributed by atoms with van der Waals surface area (Å²) >= 11 is 0. The molecule has 0 aromatic heterocycles. The second-order valence-electron chi connectivity index (χ2n) is 4.50. The Morgan fingerprint density at radius 2 is 1.86 bits per heavy atom. The highest BCUT2D eigenvalue weighted by Gasteiger charge is 2.16. The lowest BCUT2D eigenvalue weighted by Crippen LogP contribution is -2.33. The SMILES string of the molecule is CCN(CC)CC(=O)Nc1c(C)cccc1C(=O)OC.Cl. The first kappa shape index (κ1) is 19.4. The number of likely N-dealkylation sites (N-methyl/N-ethyl adjacent to an activating group) is 1. The van der Waals surface area contributed by atoms with Crippen LogP contribution < -0.4 is 5.32 Å². The Hall–Kier alpha value is -1.59. The van der Waals surface area contributed by atoms with Gasteiger partial charge in [0, 0.05) is 0 Å². The van der Waals surface area contributed by atoms with E-state index in [1.165, 1.54) is 7.11 Å². The number of anilines is 1. The summed E-state index contributed by atoms with van der Waals surface area (Å²) in [5.74, 6) is -0.583. The molecule has 1 N–H and O–H groups in total. The molecule has 1 amide bonds. The number of hydrogen-bond acceptors (Lipinski definition) is 4. The van der Waals surface area contributed by atoms with Gasteiger partial charge in [-0.15, -0.1) is 12.4 Å². The topological polar surface area (TPSA) is 58.6 Å². The van der Waals surface area contributed by atoms with Crippen LogP contribution >= 0.6 is 12.4 Å². The lowest BCUT2D eigenvalue weighted by molar-refractivity contribution is -0.117. The standard InChI is InChI=1S/C15H22N2O3.ClH/c1-5-17(6-2)10-13(18)16-14-11(3)8-7-9-12(14)15(19)20-4;/h7-9H,5-6,10H2,1-4H3,(H,16,18);1H. The summed E-state index contributed by atoms with van der Waals surface area (Å²) < 4.78 is 4.74. The Morgan fingerprint density at radius 1 is 1.24 bits per heavy atom. The third-order valence-corrected chi connectivity index (χ3v) is 3.20. The Balaban J connectivity index is 0.00000400. The number of esters is 1. The summed E-state index contributed by atoms with van der Waals surface area (Å²) in [5, 5.41) is 2.81. The van der Waals surface area contributed by atoms with Crippen molar-refractivity contribution in [1.82, 2.24) is 4.90 Å². The molecular formula is C15H23ClN2O3. The zero-order valence-corrected chi connectivity index (χ0v) is 13.8. The molecule has 0 unspecified atom stereocenters. The molecule has 0 heterocycles. The highest BCUT2D eigenvalue weighted by Crippen LogP contribution is 2.21. The van der Waals surface area contributed by atoms with Crippen molar-refractivity contribution in [2.75, 3.05) is 32.1 Å². The molecule has 0 aliphatic rings.